The van der Waals surface area contributed by atoms with Gasteiger partial charge in [-0.1, -0.05) is 30.3 Å². The molecule has 1 aliphatic rings. The summed E-state index contributed by atoms with van der Waals surface area (Å²) in [4.78, 5) is 12.6. The van der Waals surface area contributed by atoms with Crippen LogP contribution in [-0.2, 0) is 32.7 Å². The Morgan fingerprint density at radius 1 is 1.26 bits per heavy atom. The smallest absolute Gasteiger partial charge is 0.253 e. The average Bonchev–Trinajstić information content (AvgIpc) is 3.37. The van der Waals surface area contributed by atoms with Crippen LogP contribution < -0.4 is 5.32 Å². The van der Waals surface area contributed by atoms with Crippen molar-refractivity contribution in [2.45, 2.75) is 43.2 Å². The third kappa shape index (κ3) is 4.76. The molecule has 1 aromatic heterocycles. The molecule has 2 heterocycles. The van der Waals surface area contributed by atoms with E-state index in [1.807, 2.05) is 31.2 Å². The van der Waals surface area contributed by atoms with Crippen LogP contribution in [0, 0.1) is 0 Å². The normalized spacial score (nSPS) is 17.9. The lowest BCUT2D eigenvalue weighted by Crippen LogP contribution is -2.45. The summed E-state index contributed by atoms with van der Waals surface area (Å²) in [7, 11) is -3.61. The Morgan fingerprint density at radius 2 is 2.00 bits per heavy atom. The predicted molar refractivity (Wildman–Crippen MR) is 105 cm³/mol. The predicted octanol–water partition coefficient (Wildman–Crippen LogP) is 2.75. The van der Waals surface area contributed by atoms with Gasteiger partial charge in [-0.15, -0.1) is 11.3 Å². The van der Waals surface area contributed by atoms with E-state index in [-0.39, 0.29) is 10.1 Å². The number of benzene rings is 1. The number of rotatable bonds is 8. The van der Waals surface area contributed by atoms with Gasteiger partial charge < -0.3 is 10.1 Å². The highest BCUT2D eigenvalue weighted by Crippen LogP contribution is 2.28. The fraction of sp³-hybridized carbons (Fsp3) is 0.421. The summed E-state index contributed by atoms with van der Waals surface area (Å²) in [5.41, 5.74) is 2.05. The van der Waals surface area contributed by atoms with Crippen LogP contribution >= 0.6 is 11.3 Å². The Morgan fingerprint density at radius 3 is 2.67 bits per heavy atom. The van der Waals surface area contributed by atoms with Gasteiger partial charge in [-0.2, -0.15) is 4.31 Å². The molecular formula is C19H24N2O4S2. The lowest BCUT2D eigenvalue weighted by Gasteiger charge is -2.22. The van der Waals surface area contributed by atoms with Gasteiger partial charge >= 0.3 is 0 Å². The molecule has 1 aliphatic heterocycles. The van der Waals surface area contributed by atoms with Crippen LogP contribution in [0.2, 0.25) is 0 Å². The van der Waals surface area contributed by atoms with Crippen LogP contribution in [0.25, 0.3) is 0 Å². The van der Waals surface area contributed by atoms with E-state index in [2.05, 4.69) is 5.32 Å². The highest BCUT2D eigenvalue weighted by molar-refractivity contribution is 7.91. The van der Waals surface area contributed by atoms with Crippen molar-refractivity contribution in [3.05, 3.63) is 52.9 Å². The summed E-state index contributed by atoms with van der Waals surface area (Å²) in [6.07, 6.45) is 1.23. The number of thiophene rings is 1. The zero-order valence-electron chi connectivity index (χ0n) is 15.3. The summed E-state index contributed by atoms with van der Waals surface area (Å²) >= 11 is 1.18. The molecule has 1 atom stereocenters. The van der Waals surface area contributed by atoms with Gasteiger partial charge in [-0.3, -0.25) is 4.79 Å². The second kappa shape index (κ2) is 8.97. The SMILES string of the molecule is CCOCc1ccc(CNC(=O)[C@H]2CCCN2S(=O)(=O)c2cccs2)cc1. The quantitative estimate of drug-likeness (QED) is 0.729. The lowest BCUT2D eigenvalue weighted by molar-refractivity contribution is -0.124. The molecule has 146 valence electrons. The number of hydrogen-bond donors (Lipinski definition) is 1. The monoisotopic (exact) mass is 408 g/mol. The maximum Gasteiger partial charge on any atom is 0.253 e. The van der Waals surface area contributed by atoms with Gasteiger partial charge in [0.2, 0.25) is 5.91 Å². The molecule has 1 saturated heterocycles. The Labute approximate surface area is 164 Å². The molecule has 0 unspecified atom stereocenters. The van der Waals surface area contributed by atoms with Crippen LogP contribution in [-0.4, -0.2) is 37.8 Å². The fourth-order valence-corrected chi connectivity index (χ4v) is 5.87. The molecular weight excluding hydrogens is 384 g/mol. The summed E-state index contributed by atoms with van der Waals surface area (Å²) in [5.74, 6) is -0.244. The number of hydrogen-bond acceptors (Lipinski definition) is 5. The number of carbonyl (C=O) groups excluding carboxylic acids is 1. The van der Waals surface area contributed by atoms with Gasteiger partial charge in [-0.05, 0) is 42.3 Å². The second-order valence-electron chi connectivity index (χ2n) is 6.38. The number of carbonyl (C=O) groups is 1. The lowest BCUT2D eigenvalue weighted by atomic mass is 10.1. The molecule has 8 heteroatoms. The number of nitrogens with zero attached hydrogens (tertiary/aromatic N) is 1. The van der Waals surface area contributed by atoms with E-state index in [1.165, 1.54) is 15.6 Å². The first kappa shape index (κ1) is 20.0. The molecule has 0 radical (unpaired) electrons. The van der Waals surface area contributed by atoms with Crippen LogP contribution in [0.3, 0.4) is 0 Å². The van der Waals surface area contributed by atoms with E-state index in [0.717, 1.165) is 11.1 Å². The molecule has 27 heavy (non-hydrogen) atoms. The van der Waals surface area contributed by atoms with Crippen LogP contribution in [0.4, 0.5) is 0 Å². The maximum absolute atomic E-state index is 12.8. The van der Waals surface area contributed by atoms with E-state index in [0.29, 0.717) is 39.1 Å². The molecule has 0 bridgehead atoms. The highest BCUT2D eigenvalue weighted by Gasteiger charge is 2.39. The van der Waals surface area contributed by atoms with Gasteiger partial charge in [0.1, 0.15) is 10.3 Å². The zero-order valence-corrected chi connectivity index (χ0v) is 16.9. The fourth-order valence-electron chi connectivity index (χ4n) is 3.10. The third-order valence-electron chi connectivity index (χ3n) is 4.53. The summed E-state index contributed by atoms with van der Waals surface area (Å²) in [6.45, 7) is 3.95. The molecule has 1 aromatic carbocycles. The van der Waals surface area contributed by atoms with Gasteiger partial charge in [0.25, 0.3) is 10.0 Å². The van der Waals surface area contributed by atoms with Gasteiger partial charge in [0.05, 0.1) is 6.61 Å². The maximum atomic E-state index is 12.8. The third-order valence-corrected chi connectivity index (χ3v) is 7.81. The number of ether oxygens (including phenoxy) is 1. The van der Waals surface area contributed by atoms with Crippen molar-refractivity contribution in [3.8, 4) is 0 Å². The summed E-state index contributed by atoms with van der Waals surface area (Å²) in [6, 6.07) is 10.5. The van der Waals surface area contributed by atoms with Crippen LogP contribution in [0.15, 0.2) is 46.0 Å². The minimum atomic E-state index is -3.61. The number of nitrogens with one attached hydrogen (secondary N) is 1. The van der Waals surface area contributed by atoms with Crippen molar-refractivity contribution in [2.24, 2.45) is 0 Å². The largest absolute Gasteiger partial charge is 0.377 e. The standard InChI is InChI=1S/C19H24N2O4S2/c1-2-25-14-16-9-7-15(8-10-16)13-20-19(22)17-5-3-11-21(17)27(23,24)18-6-4-12-26-18/h4,6-10,12,17H,2-3,5,11,13-14H2,1H3,(H,20,22)/t17-/m1/s1. The van der Waals surface area contributed by atoms with Crippen LogP contribution in [0.1, 0.15) is 30.9 Å². The van der Waals surface area contributed by atoms with Gasteiger partial charge in [0, 0.05) is 19.7 Å². The van der Waals surface area contributed by atoms with Gasteiger partial charge in [-0.25, -0.2) is 8.42 Å². The van der Waals surface area contributed by atoms with E-state index in [9.17, 15) is 13.2 Å². The Bertz CT molecular complexity index is 848. The summed E-state index contributed by atoms with van der Waals surface area (Å²) < 4.78 is 32.5. The Kier molecular flexibility index (Phi) is 6.64. The first-order chi connectivity index (χ1) is 13.0. The van der Waals surface area contributed by atoms with E-state index in [1.54, 1.807) is 17.5 Å². The van der Waals surface area contributed by atoms with Crippen molar-refractivity contribution in [1.82, 2.24) is 9.62 Å². The molecule has 0 saturated carbocycles. The number of sulfonamides is 1. The highest BCUT2D eigenvalue weighted by atomic mass is 32.2. The minimum absolute atomic E-state index is 0.244. The first-order valence-corrected chi connectivity index (χ1v) is 11.3. The molecule has 6 nitrogen and oxygen atoms in total. The van der Waals surface area contributed by atoms with E-state index < -0.39 is 16.1 Å². The first-order valence-electron chi connectivity index (χ1n) is 9.01. The molecule has 1 N–H and O–H groups in total. The van der Waals surface area contributed by atoms with Crippen molar-refractivity contribution in [3.63, 3.8) is 0 Å². The van der Waals surface area contributed by atoms with Crippen molar-refractivity contribution >= 4 is 27.3 Å². The van der Waals surface area contributed by atoms with Gasteiger partial charge in [0.15, 0.2) is 0 Å². The second-order valence-corrected chi connectivity index (χ2v) is 9.44. The van der Waals surface area contributed by atoms with Crippen LogP contribution in [0.5, 0.6) is 0 Å². The molecule has 0 spiro atoms. The van der Waals surface area contributed by atoms with Crippen molar-refractivity contribution in [1.29, 1.82) is 0 Å². The minimum Gasteiger partial charge on any atom is -0.377 e. The Balaban J connectivity index is 1.60. The zero-order chi connectivity index (χ0) is 19.3. The molecule has 1 amide bonds. The molecule has 1 fully saturated rings. The van der Waals surface area contributed by atoms with E-state index >= 15 is 0 Å². The Hall–Kier alpha value is -1.74. The van der Waals surface area contributed by atoms with Crippen molar-refractivity contribution < 1.29 is 17.9 Å². The van der Waals surface area contributed by atoms with E-state index in [4.69, 9.17) is 4.74 Å². The number of amides is 1. The van der Waals surface area contributed by atoms with Crippen molar-refractivity contribution in [2.75, 3.05) is 13.2 Å². The molecule has 3 rings (SSSR count). The average molecular weight is 409 g/mol. The topological polar surface area (TPSA) is 75.7 Å². The molecule has 0 aliphatic carbocycles. The molecule has 2 aromatic rings. The summed E-state index contributed by atoms with van der Waals surface area (Å²) in [5, 5.41) is 4.61.